The molecule has 1 rings (SSSR count). The molecule has 1 aliphatic carbocycles. The number of hydrogen-bond acceptors (Lipinski definition) is 3. The lowest BCUT2D eigenvalue weighted by molar-refractivity contribution is 0.0223. The first-order chi connectivity index (χ1) is 6.86. The van der Waals surface area contributed by atoms with Crippen LogP contribution in [0.15, 0.2) is 0 Å². The van der Waals surface area contributed by atoms with Gasteiger partial charge in [0.05, 0.1) is 12.2 Å². The molecule has 14 heavy (non-hydrogen) atoms. The summed E-state index contributed by atoms with van der Waals surface area (Å²) in [7, 11) is 2.03. The molecule has 0 spiro atoms. The normalized spacial score (nSPS) is 27.1. The van der Waals surface area contributed by atoms with E-state index in [4.69, 9.17) is 10.00 Å². The molecule has 0 aromatic heterocycles. The number of unbranched alkanes of at least 4 members (excludes halogenated alkanes) is 1. The summed E-state index contributed by atoms with van der Waals surface area (Å²) in [5.74, 6) is 0. The average molecular weight is 196 g/mol. The van der Waals surface area contributed by atoms with Gasteiger partial charge in [-0.2, -0.15) is 5.26 Å². The number of nitrogens with one attached hydrogen (secondary N) is 1. The third-order valence-electron chi connectivity index (χ3n) is 2.87. The van der Waals surface area contributed by atoms with Crippen molar-refractivity contribution in [3.8, 4) is 6.07 Å². The van der Waals surface area contributed by atoms with Crippen molar-refractivity contribution in [1.82, 2.24) is 5.32 Å². The van der Waals surface area contributed by atoms with Crippen LogP contribution in [0.2, 0.25) is 0 Å². The van der Waals surface area contributed by atoms with Crippen LogP contribution < -0.4 is 5.32 Å². The Morgan fingerprint density at radius 3 is 2.64 bits per heavy atom. The molecule has 0 bridgehead atoms. The Morgan fingerprint density at radius 2 is 2.07 bits per heavy atom. The zero-order valence-corrected chi connectivity index (χ0v) is 8.96. The van der Waals surface area contributed by atoms with Gasteiger partial charge in [-0.1, -0.05) is 0 Å². The second-order valence-electron chi connectivity index (χ2n) is 3.89. The van der Waals surface area contributed by atoms with Gasteiger partial charge >= 0.3 is 0 Å². The minimum absolute atomic E-state index is 0.443. The molecular weight excluding hydrogens is 176 g/mol. The predicted molar refractivity (Wildman–Crippen MR) is 55.9 cm³/mol. The summed E-state index contributed by atoms with van der Waals surface area (Å²) in [4.78, 5) is 0. The monoisotopic (exact) mass is 196 g/mol. The molecule has 3 nitrogen and oxygen atoms in total. The van der Waals surface area contributed by atoms with Crippen LogP contribution in [0.4, 0.5) is 0 Å². The highest BCUT2D eigenvalue weighted by Gasteiger charge is 2.19. The van der Waals surface area contributed by atoms with Crippen molar-refractivity contribution in [2.24, 2.45) is 0 Å². The first-order valence-corrected chi connectivity index (χ1v) is 5.52. The van der Waals surface area contributed by atoms with Crippen molar-refractivity contribution < 1.29 is 4.74 Å². The second-order valence-corrected chi connectivity index (χ2v) is 3.89. The zero-order valence-electron chi connectivity index (χ0n) is 8.96. The second kappa shape index (κ2) is 6.80. The Bertz CT molecular complexity index is 180. The molecular formula is C11H20N2O. The number of nitriles is 1. The summed E-state index contributed by atoms with van der Waals surface area (Å²) in [5, 5.41) is 11.7. The largest absolute Gasteiger partial charge is 0.378 e. The summed E-state index contributed by atoms with van der Waals surface area (Å²) < 4.78 is 5.70. The summed E-state index contributed by atoms with van der Waals surface area (Å²) in [6.45, 7) is 0.752. The van der Waals surface area contributed by atoms with Gasteiger partial charge in [0.15, 0.2) is 0 Å². The number of nitrogens with zero attached hydrogens (tertiary/aromatic N) is 1. The van der Waals surface area contributed by atoms with Crippen LogP contribution in [0, 0.1) is 11.3 Å². The van der Waals surface area contributed by atoms with E-state index in [0.717, 1.165) is 25.9 Å². The van der Waals surface area contributed by atoms with Crippen molar-refractivity contribution in [2.45, 2.75) is 50.7 Å². The third kappa shape index (κ3) is 4.08. The fourth-order valence-electron chi connectivity index (χ4n) is 1.92. The van der Waals surface area contributed by atoms with E-state index < -0.39 is 0 Å². The van der Waals surface area contributed by atoms with Crippen molar-refractivity contribution in [3.05, 3.63) is 0 Å². The van der Waals surface area contributed by atoms with Gasteiger partial charge in [0, 0.05) is 19.1 Å². The molecule has 0 radical (unpaired) electrons. The number of hydrogen-bond donors (Lipinski definition) is 1. The van der Waals surface area contributed by atoms with E-state index in [1.54, 1.807) is 0 Å². The molecule has 3 heteroatoms. The van der Waals surface area contributed by atoms with E-state index in [9.17, 15) is 0 Å². The van der Waals surface area contributed by atoms with Gasteiger partial charge < -0.3 is 10.1 Å². The lowest BCUT2D eigenvalue weighted by atomic mass is 9.93. The Morgan fingerprint density at radius 1 is 1.36 bits per heavy atom. The van der Waals surface area contributed by atoms with Crippen LogP contribution >= 0.6 is 0 Å². The van der Waals surface area contributed by atoms with E-state index in [1.165, 1.54) is 12.8 Å². The van der Waals surface area contributed by atoms with Crippen LogP contribution in [0.1, 0.15) is 38.5 Å². The molecule has 0 saturated heterocycles. The molecule has 0 heterocycles. The highest BCUT2D eigenvalue weighted by Crippen LogP contribution is 2.20. The molecule has 0 unspecified atom stereocenters. The first-order valence-electron chi connectivity index (χ1n) is 5.52. The summed E-state index contributed by atoms with van der Waals surface area (Å²) in [6.07, 6.45) is 6.71. The Kier molecular flexibility index (Phi) is 5.58. The van der Waals surface area contributed by atoms with E-state index in [2.05, 4.69) is 11.4 Å². The first kappa shape index (κ1) is 11.5. The quantitative estimate of drug-likeness (QED) is 0.682. The van der Waals surface area contributed by atoms with E-state index in [-0.39, 0.29) is 0 Å². The average Bonchev–Trinajstić information content (AvgIpc) is 2.25. The van der Waals surface area contributed by atoms with Crippen LogP contribution in [-0.4, -0.2) is 25.8 Å². The summed E-state index contributed by atoms with van der Waals surface area (Å²) in [6, 6.07) is 2.82. The SMILES string of the molecule is CNC1CCC(OCCCC#N)CC1. The predicted octanol–water partition coefficient (Wildman–Crippen LogP) is 1.84. The zero-order chi connectivity index (χ0) is 10.2. The Hall–Kier alpha value is -0.590. The summed E-state index contributed by atoms with van der Waals surface area (Å²) in [5.41, 5.74) is 0. The molecule has 0 aromatic rings. The molecule has 0 amide bonds. The Labute approximate surface area is 86.4 Å². The van der Waals surface area contributed by atoms with Crippen molar-refractivity contribution >= 4 is 0 Å². The fourth-order valence-corrected chi connectivity index (χ4v) is 1.92. The molecule has 0 atom stereocenters. The molecule has 1 fully saturated rings. The topological polar surface area (TPSA) is 45.0 Å². The third-order valence-corrected chi connectivity index (χ3v) is 2.87. The standard InChI is InChI=1S/C11H20N2O/c1-13-10-4-6-11(7-5-10)14-9-3-2-8-12/h10-11,13H,2-7,9H2,1H3. The van der Waals surface area contributed by atoms with E-state index in [0.29, 0.717) is 18.6 Å². The lowest BCUT2D eigenvalue weighted by Crippen LogP contribution is -2.33. The Balaban J connectivity index is 2.02. The molecule has 1 aliphatic rings. The number of ether oxygens (including phenoxy) is 1. The van der Waals surface area contributed by atoms with Crippen molar-refractivity contribution in [2.75, 3.05) is 13.7 Å². The molecule has 0 aromatic carbocycles. The van der Waals surface area contributed by atoms with E-state index >= 15 is 0 Å². The van der Waals surface area contributed by atoms with Gasteiger partial charge in [-0.05, 0) is 39.2 Å². The van der Waals surface area contributed by atoms with Gasteiger partial charge in [-0.25, -0.2) is 0 Å². The summed E-state index contributed by atoms with van der Waals surface area (Å²) >= 11 is 0. The smallest absolute Gasteiger partial charge is 0.0622 e. The highest BCUT2D eigenvalue weighted by molar-refractivity contribution is 4.76. The van der Waals surface area contributed by atoms with Crippen molar-refractivity contribution in [3.63, 3.8) is 0 Å². The van der Waals surface area contributed by atoms with Gasteiger partial charge in [-0.3, -0.25) is 0 Å². The van der Waals surface area contributed by atoms with Crippen LogP contribution in [0.25, 0.3) is 0 Å². The van der Waals surface area contributed by atoms with Gasteiger partial charge in [0.1, 0.15) is 0 Å². The van der Waals surface area contributed by atoms with Gasteiger partial charge in [-0.15, -0.1) is 0 Å². The van der Waals surface area contributed by atoms with E-state index in [1.807, 2.05) is 7.05 Å². The minimum Gasteiger partial charge on any atom is -0.378 e. The molecule has 1 saturated carbocycles. The molecule has 80 valence electrons. The maximum absolute atomic E-state index is 8.36. The molecule has 0 aliphatic heterocycles. The minimum atomic E-state index is 0.443. The maximum Gasteiger partial charge on any atom is 0.0622 e. The number of rotatable bonds is 5. The van der Waals surface area contributed by atoms with Crippen molar-refractivity contribution in [1.29, 1.82) is 5.26 Å². The van der Waals surface area contributed by atoms with Crippen LogP contribution in [-0.2, 0) is 4.74 Å². The van der Waals surface area contributed by atoms with Crippen LogP contribution in [0.3, 0.4) is 0 Å². The van der Waals surface area contributed by atoms with Gasteiger partial charge in [0.25, 0.3) is 0 Å². The molecule has 1 N–H and O–H groups in total. The van der Waals surface area contributed by atoms with Crippen LogP contribution in [0.5, 0.6) is 0 Å². The fraction of sp³-hybridized carbons (Fsp3) is 0.909. The van der Waals surface area contributed by atoms with Gasteiger partial charge in [0.2, 0.25) is 0 Å². The lowest BCUT2D eigenvalue weighted by Gasteiger charge is -2.28. The maximum atomic E-state index is 8.36. The highest BCUT2D eigenvalue weighted by atomic mass is 16.5.